The van der Waals surface area contributed by atoms with E-state index < -0.39 is 0 Å². The molecular formula is C15H20. The number of rotatable bonds is 3. The minimum atomic E-state index is 0.270. The van der Waals surface area contributed by atoms with Crippen LogP contribution in [0.25, 0.3) is 0 Å². The fourth-order valence-electron chi connectivity index (χ4n) is 3.12. The zero-order valence-electron chi connectivity index (χ0n) is 9.96. The normalized spacial score (nSPS) is 23.4. The predicted molar refractivity (Wildman–Crippen MR) is 66.6 cm³/mol. The first-order valence-corrected chi connectivity index (χ1v) is 5.91. The molecule has 0 spiro atoms. The van der Waals surface area contributed by atoms with Crippen molar-refractivity contribution in [1.29, 1.82) is 0 Å². The van der Waals surface area contributed by atoms with Crippen molar-refractivity contribution in [2.75, 3.05) is 0 Å². The highest BCUT2D eigenvalue weighted by Crippen LogP contribution is 2.48. The Morgan fingerprint density at radius 2 is 1.60 bits per heavy atom. The molecule has 0 fully saturated rings. The smallest absolute Gasteiger partial charge is 0.0170 e. The third-order valence-corrected chi connectivity index (χ3v) is 3.66. The van der Waals surface area contributed by atoms with Gasteiger partial charge in [-0.15, -0.1) is 0 Å². The van der Waals surface area contributed by atoms with Gasteiger partial charge in [-0.25, -0.2) is 0 Å². The minimum absolute atomic E-state index is 0.270. The van der Waals surface area contributed by atoms with Gasteiger partial charge in [0.25, 0.3) is 0 Å². The second-order valence-corrected chi connectivity index (χ2v) is 4.83. The summed E-state index contributed by atoms with van der Waals surface area (Å²) in [7, 11) is 0. The summed E-state index contributed by atoms with van der Waals surface area (Å²) in [4.78, 5) is 0. The van der Waals surface area contributed by atoms with Gasteiger partial charge in [-0.3, -0.25) is 0 Å². The Kier molecular flexibility index (Phi) is 2.68. The summed E-state index contributed by atoms with van der Waals surface area (Å²) in [5.74, 6) is 0.604. The third kappa shape index (κ3) is 1.62. The zero-order chi connectivity index (χ0) is 10.9. The Morgan fingerprint density at radius 3 is 2.07 bits per heavy atom. The topological polar surface area (TPSA) is 0 Å². The maximum Gasteiger partial charge on any atom is 0.0170 e. The second-order valence-electron chi connectivity index (χ2n) is 4.83. The molecule has 0 aliphatic heterocycles. The van der Waals surface area contributed by atoms with Gasteiger partial charge in [-0.1, -0.05) is 60.9 Å². The van der Waals surface area contributed by atoms with Crippen LogP contribution in [0.5, 0.6) is 0 Å². The Balaban J connectivity index is 2.34. The summed E-state index contributed by atoms with van der Waals surface area (Å²) >= 11 is 0. The van der Waals surface area contributed by atoms with E-state index in [1.165, 1.54) is 24.0 Å². The van der Waals surface area contributed by atoms with Gasteiger partial charge in [0.05, 0.1) is 0 Å². The fraction of sp³-hybridized carbons (Fsp3) is 0.467. The summed E-state index contributed by atoms with van der Waals surface area (Å²) in [5, 5.41) is 0. The number of hydrogen-bond donors (Lipinski definition) is 0. The molecule has 0 saturated carbocycles. The average Bonchev–Trinajstić information content (AvgIpc) is 2.76. The highest BCUT2D eigenvalue weighted by Gasteiger charge is 2.37. The van der Waals surface area contributed by atoms with Crippen LogP contribution in [0.4, 0.5) is 0 Å². The van der Waals surface area contributed by atoms with Crippen LogP contribution in [-0.2, 0) is 0 Å². The van der Waals surface area contributed by atoms with E-state index in [1.54, 1.807) is 0 Å². The molecule has 80 valence electrons. The van der Waals surface area contributed by atoms with Crippen molar-refractivity contribution in [2.24, 2.45) is 11.3 Å². The van der Waals surface area contributed by atoms with E-state index >= 15 is 0 Å². The zero-order valence-corrected chi connectivity index (χ0v) is 9.96. The van der Waals surface area contributed by atoms with Crippen LogP contribution in [0.15, 0.2) is 47.6 Å². The van der Waals surface area contributed by atoms with Gasteiger partial charge in [0, 0.05) is 11.3 Å². The first-order valence-electron chi connectivity index (χ1n) is 5.91. The summed E-state index contributed by atoms with van der Waals surface area (Å²) in [6.45, 7) is 6.79. The molecule has 0 radical (unpaired) electrons. The molecular weight excluding hydrogens is 180 g/mol. The predicted octanol–water partition coefficient (Wildman–Crippen LogP) is 4.42. The Hall–Kier alpha value is -1.04. The van der Waals surface area contributed by atoms with Gasteiger partial charge in [-0.05, 0) is 20.3 Å². The molecule has 15 heavy (non-hydrogen) atoms. The summed E-state index contributed by atoms with van der Waals surface area (Å²) in [6.07, 6.45) is 16.2. The molecule has 0 heteroatoms. The Morgan fingerprint density at radius 1 is 1.07 bits per heavy atom. The fourth-order valence-corrected chi connectivity index (χ4v) is 3.12. The number of allylic oxidation sites excluding steroid dienone is 8. The Bertz CT molecular complexity index is 333. The van der Waals surface area contributed by atoms with Crippen molar-refractivity contribution in [2.45, 2.75) is 33.6 Å². The Labute approximate surface area is 93.1 Å². The van der Waals surface area contributed by atoms with Crippen molar-refractivity contribution in [3.8, 4) is 0 Å². The lowest BCUT2D eigenvalue weighted by molar-refractivity contribution is 0.359. The van der Waals surface area contributed by atoms with Gasteiger partial charge in [-0.2, -0.15) is 0 Å². The van der Waals surface area contributed by atoms with Gasteiger partial charge in [0.1, 0.15) is 0 Å². The molecule has 2 aliphatic rings. The van der Waals surface area contributed by atoms with Crippen LogP contribution in [-0.4, -0.2) is 0 Å². The van der Waals surface area contributed by atoms with E-state index in [-0.39, 0.29) is 5.41 Å². The molecule has 0 unspecified atom stereocenters. The molecule has 2 rings (SSSR count). The standard InChI is InChI=1S/C15H20/c1-4-9-15(10-5-6-11-15)14-12(2)7-8-13(14)3/h5-8,10-11,14H,4,9H2,1-3H3. The quantitative estimate of drug-likeness (QED) is 0.632. The molecule has 0 N–H and O–H groups in total. The highest BCUT2D eigenvalue weighted by atomic mass is 14.4. The van der Waals surface area contributed by atoms with Crippen LogP contribution >= 0.6 is 0 Å². The van der Waals surface area contributed by atoms with Crippen molar-refractivity contribution in [1.82, 2.24) is 0 Å². The molecule has 2 aliphatic carbocycles. The second kappa shape index (κ2) is 3.84. The van der Waals surface area contributed by atoms with E-state index in [0.29, 0.717) is 5.92 Å². The van der Waals surface area contributed by atoms with E-state index in [4.69, 9.17) is 0 Å². The molecule has 0 bridgehead atoms. The minimum Gasteiger partial charge on any atom is -0.0736 e. The molecule has 0 amide bonds. The first kappa shape index (κ1) is 10.5. The summed E-state index contributed by atoms with van der Waals surface area (Å²) in [6, 6.07) is 0. The first-order chi connectivity index (χ1) is 7.19. The van der Waals surface area contributed by atoms with Crippen LogP contribution in [0.3, 0.4) is 0 Å². The van der Waals surface area contributed by atoms with E-state index in [1.807, 2.05) is 0 Å². The largest absolute Gasteiger partial charge is 0.0736 e. The van der Waals surface area contributed by atoms with Gasteiger partial charge in [0.15, 0.2) is 0 Å². The molecule has 0 aromatic carbocycles. The lowest BCUT2D eigenvalue weighted by atomic mass is 9.69. The SMILES string of the molecule is CCCC1(C2C(C)=CC=C2C)C=CC=C1. The maximum atomic E-state index is 2.39. The van der Waals surface area contributed by atoms with Gasteiger partial charge < -0.3 is 0 Å². The van der Waals surface area contributed by atoms with Crippen molar-refractivity contribution < 1.29 is 0 Å². The monoisotopic (exact) mass is 200 g/mol. The van der Waals surface area contributed by atoms with Crippen LogP contribution in [0.2, 0.25) is 0 Å². The van der Waals surface area contributed by atoms with Gasteiger partial charge in [0.2, 0.25) is 0 Å². The molecule has 0 atom stereocenters. The summed E-state index contributed by atoms with van der Waals surface area (Å²) in [5.41, 5.74) is 3.29. The molecule has 0 heterocycles. The lowest BCUT2D eigenvalue weighted by Gasteiger charge is -2.34. The maximum absolute atomic E-state index is 2.39. The van der Waals surface area contributed by atoms with Crippen molar-refractivity contribution in [3.63, 3.8) is 0 Å². The van der Waals surface area contributed by atoms with E-state index in [0.717, 1.165) is 0 Å². The van der Waals surface area contributed by atoms with Crippen molar-refractivity contribution in [3.05, 3.63) is 47.6 Å². The van der Waals surface area contributed by atoms with Gasteiger partial charge >= 0.3 is 0 Å². The molecule has 0 nitrogen and oxygen atoms in total. The molecule has 0 aromatic rings. The van der Waals surface area contributed by atoms with Crippen molar-refractivity contribution >= 4 is 0 Å². The van der Waals surface area contributed by atoms with E-state index in [9.17, 15) is 0 Å². The number of hydrogen-bond acceptors (Lipinski definition) is 0. The molecule has 0 aromatic heterocycles. The molecule has 0 saturated heterocycles. The third-order valence-electron chi connectivity index (χ3n) is 3.66. The highest BCUT2D eigenvalue weighted by molar-refractivity contribution is 5.41. The van der Waals surface area contributed by atoms with Crippen LogP contribution in [0.1, 0.15) is 33.6 Å². The lowest BCUT2D eigenvalue weighted by Crippen LogP contribution is -2.26. The summed E-state index contributed by atoms with van der Waals surface area (Å²) < 4.78 is 0. The average molecular weight is 200 g/mol. The van der Waals surface area contributed by atoms with Crippen LogP contribution < -0.4 is 0 Å². The van der Waals surface area contributed by atoms with Crippen LogP contribution in [0, 0.1) is 11.3 Å². The van der Waals surface area contributed by atoms with E-state index in [2.05, 4.69) is 57.2 Å².